The Labute approximate surface area is 363 Å². The molecule has 322 valence electrons. The average Bonchev–Trinajstić information content (AvgIpc) is 4.15. The van der Waals surface area contributed by atoms with Gasteiger partial charge in [0, 0.05) is 13.0 Å². The van der Waals surface area contributed by atoms with E-state index < -0.39 is 31.0 Å². The van der Waals surface area contributed by atoms with Crippen LogP contribution in [0.4, 0.5) is 8.78 Å². The summed E-state index contributed by atoms with van der Waals surface area (Å²) in [6, 6.07) is 33.7. The van der Waals surface area contributed by atoms with Gasteiger partial charge in [0.05, 0.1) is 42.4 Å². The van der Waals surface area contributed by atoms with Crippen LogP contribution in [0, 0.1) is 0 Å². The van der Waals surface area contributed by atoms with Gasteiger partial charge in [-0.15, -0.1) is 0 Å². The fourth-order valence-electron chi connectivity index (χ4n) is 9.38. The quantitative estimate of drug-likeness (QED) is 0.107. The van der Waals surface area contributed by atoms with E-state index in [9.17, 15) is 9.59 Å². The lowest BCUT2D eigenvalue weighted by Gasteiger charge is -2.34. The number of benzene rings is 4. The van der Waals surface area contributed by atoms with Crippen molar-refractivity contribution in [3.8, 4) is 33.6 Å². The normalized spacial score (nSPS) is 18.5. The molecular weight excluding hydrogens is 783 g/mol. The highest BCUT2D eigenvalue weighted by atomic mass is 19.3. The Balaban J connectivity index is 0.953. The van der Waals surface area contributed by atoms with E-state index in [1.807, 2.05) is 115 Å². The van der Waals surface area contributed by atoms with E-state index in [2.05, 4.69) is 58.0 Å². The smallest absolute Gasteiger partial charge is 0.267 e. The minimum absolute atomic E-state index is 0.115. The van der Waals surface area contributed by atoms with Crippen LogP contribution >= 0.6 is 0 Å². The summed E-state index contributed by atoms with van der Waals surface area (Å²) in [4.78, 5) is 52.2. The van der Waals surface area contributed by atoms with Crippen molar-refractivity contribution >= 4 is 11.8 Å². The fourth-order valence-corrected chi connectivity index (χ4v) is 9.38. The number of carbonyl (C=O) groups is 2. The Morgan fingerprint density at radius 3 is 1.50 bits per heavy atom. The molecule has 2 aliphatic rings. The summed E-state index contributed by atoms with van der Waals surface area (Å²) in [6.45, 7) is 11.0. The van der Waals surface area contributed by atoms with Gasteiger partial charge >= 0.3 is 0 Å². The van der Waals surface area contributed by atoms with Crippen molar-refractivity contribution in [1.29, 1.82) is 0 Å². The van der Waals surface area contributed by atoms with Crippen LogP contribution in [0.3, 0.4) is 0 Å². The molecule has 4 aromatic carbocycles. The number of aromatic nitrogens is 4. The van der Waals surface area contributed by atoms with Gasteiger partial charge in [-0.25, -0.2) is 18.7 Å². The molecule has 12 heteroatoms. The van der Waals surface area contributed by atoms with Crippen molar-refractivity contribution in [1.82, 2.24) is 39.5 Å². The molecule has 10 nitrogen and oxygen atoms in total. The largest absolute Gasteiger partial charge is 0.340 e. The first kappa shape index (κ1) is 42.7. The maximum atomic E-state index is 15.1. The van der Waals surface area contributed by atoms with Crippen LogP contribution in [-0.2, 0) is 9.59 Å². The van der Waals surface area contributed by atoms with Crippen molar-refractivity contribution in [3.05, 3.63) is 144 Å². The molecule has 0 saturated carbocycles. The summed E-state index contributed by atoms with van der Waals surface area (Å²) in [5.41, 5.74) is 7.27. The van der Waals surface area contributed by atoms with Gasteiger partial charge < -0.3 is 19.8 Å². The molecule has 0 bridgehead atoms. The molecule has 0 unspecified atom stereocenters. The van der Waals surface area contributed by atoms with Crippen LogP contribution < -0.4 is 0 Å². The molecule has 62 heavy (non-hydrogen) atoms. The average molecular weight is 839 g/mol. The Morgan fingerprint density at radius 2 is 1.05 bits per heavy atom. The first-order chi connectivity index (χ1) is 30.1. The topological polar surface area (TPSA) is 104 Å². The van der Waals surface area contributed by atoms with Gasteiger partial charge in [-0.05, 0) is 72.4 Å². The molecular formula is C50H56F2N8O2. The van der Waals surface area contributed by atoms with Crippen molar-refractivity contribution in [2.75, 3.05) is 39.3 Å². The number of amides is 2. The van der Waals surface area contributed by atoms with Crippen molar-refractivity contribution in [2.45, 2.75) is 77.0 Å². The zero-order chi connectivity index (χ0) is 43.4. The summed E-state index contributed by atoms with van der Waals surface area (Å²) in [6.07, 6.45) is 4.79. The van der Waals surface area contributed by atoms with Crippen molar-refractivity contribution < 1.29 is 18.4 Å². The molecule has 2 amide bonds. The number of halogens is 2. The molecule has 4 atom stereocenters. The predicted octanol–water partition coefficient (Wildman–Crippen LogP) is 9.87. The summed E-state index contributed by atoms with van der Waals surface area (Å²) in [7, 11) is 0. The van der Waals surface area contributed by atoms with E-state index in [1.165, 1.54) is 4.90 Å². The number of alkyl halides is 2. The van der Waals surface area contributed by atoms with Gasteiger partial charge in [-0.1, -0.05) is 137 Å². The number of aromatic amines is 2. The molecule has 2 aromatic heterocycles. The molecule has 4 heterocycles. The second-order valence-electron chi connectivity index (χ2n) is 16.3. The lowest BCUT2D eigenvalue weighted by molar-refractivity contribution is -0.140. The SMILES string of the molecule is CCN(CC)[C@@H](C(=O)N1CCC[C@H]1c1ncc(-c2ccc(-c3ccc(-c4cnc([C@@H]5CC(F)(F)CN5C(=O)[C@@H](c5ccccc5)N(CC)CC)[nH]4)cc3)cc2)[nH]1)c1ccccc1. The Morgan fingerprint density at radius 1 is 0.629 bits per heavy atom. The summed E-state index contributed by atoms with van der Waals surface area (Å²) in [5, 5.41) is 0. The monoisotopic (exact) mass is 838 g/mol. The first-order valence-corrected chi connectivity index (χ1v) is 22.0. The standard InChI is InChI=1S/C50H56F2N8O2/c1-5-57(6-2)44(38-16-11-9-12-17-38)48(61)59-29-15-20-42(59)46-53-31-40(55-46)36-25-21-34(22-26-36)35-23-27-37(28-24-35)41-32-54-47(56-41)43-30-50(51,52)33-60(43)49(62)45(58(7-3)8-4)39-18-13-10-14-19-39/h9-14,16-19,21-28,31-32,42-45H,5-8,15,20,29-30,33H2,1-4H3,(H,53,55)(H,54,56)/t42-,43-,44+,45+/m0/s1. The number of imidazole rings is 2. The molecule has 2 N–H and O–H groups in total. The third-order valence-corrected chi connectivity index (χ3v) is 12.7. The minimum Gasteiger partial charge on any atom is -0.340 e. The number of carbonyl (C=O) groups excluding carboxylic acids is 2. The lowest BCUT2D eigenvalue weighted by Crippen LogP contribution is -2.43. The third kappa shape index (κ3) is 8.71. The van der Waals surface area contributed by atoms with E-state index in [1.54, 1.807) is 6.20 Å². The van der Waals surface area contributed by atoms with Gasteiger partial charge in [0.25, 0.3) is 5.92 Å². The summed E-state index contributed by atoms with van der Waals surface area (Å²) in [5.74, 6) is -2.12. The van der Waals surface area contributed by atoms with E-state index in [-0.39, 0.29) is 23.9 Å². The number of hydrogen-bond acceptors (Lipinski definition) is 6. The van der Waals surface area contributed by atoms with Crippen molar-refractivity contribution in [2.24, 2.45) is 0 Å². The van der Waals surface area contributed by atoms with Crippen LogP contribution in [0.15, 0.2) is 122 Å². The lowest BCUT2D eigenvalue weighted by atomic mass is 10.0. The molecule has 0 spiro atoms. The minimum atomic E-state index is -3.04. The van der Waals surface area contributed by atoms with Crippen LogP contribution in [0.2, 0.25) is 0 Å². The second-order valence-corrected chi connectivity index (χ2v) is 16.3. The molecule has 0 radical (unpaired) electrons. The zero-order valence-electron chi connectivity index (χ0n) is 36.0. The fraction of sp³-hybridized carbons (Fsp3) is 0.360. The van der Waals surface area contributed by atoms with Crippen LogP contribution in [0.25, 0.3) is 33.6 Å². The summed E-state index contributed by atoms with van der Waals surface area (Å²) < 4.78 is 30.3. The Bertz CT molecular complexity index is 2410. The highest BCUT2D eigenvalue weighted by molar-refractivity contribution is 5.85. The number of H-pyrrole nitrogens is 2. The van der Waals surface area contributed by atoms with E-state index in [4.69, 9.17) is 4.98 Å². The van der Waals surface area contributed by atoms with Crippen LogP contribution in [-0.4, -0.2) is 96.5 Å². The Hall–Kier alpha value is -5.98. The Kier molecular flexibility index (Phi) is 12.8. The van der Waals surface area contributed by atoms with Crippen LogP contribution in [0.5, 0.6) is 0 Å². The maximum Gasteiger partial charge on any atom is 0.267 e. The molecule has 6 aromatic rings. The van der Waals surface area contributed by atoms with Gasteiger partial charge in [-0.3, -0.25) is 19.4 Å². The zero-order valence-corrected chi connectivity index (χ0v) is 36.0. The second kappa shape index (κ2) is 18.6. The van der Waals surface area contributed by atoms with Gasteiger partial charge in [0.1, 0.15) is 23.7 Å². The number of rotatable bonds is 15. The van der Waals surface area contributed by atoms with Crippen molar-refractivity contribution in [3.63, 3.8) is 0 Å². The first-order valence-electron chi connectivity index (χ1n) is 22.0. The number of nitrogens with one attached hydrogen (secondary N) is 2. The van der Waals surface area contributed by atoms with Gasteiger partial charge in [0.2, 0.25) is 11.8 Å². The van der Waals surface area contributed by atoms with E-state index in [0.29, 0.717) is 31.2 Å². The molecule has 2 saturated heterocycles. The molecule has 2 fully saturated rings. The van der Waals surface area contributed by atoms with Gasteiger partial charge in [0.15, 0.2) is 0 Å². The number of nitrogens with zero attached hydrogens (tertiary/aromatic N) is 6. The molecule has 0 aliphatic carbocycles. The number of likely N-dealkylation sites (tertiary alicyclic amines) is 2. The number of likely N-dealkylation sites (N-methyl/N-ethyl adjacent to an activating group) is 2. The van der Waals surface area contributed by atoms with Gasteiger partial charge in [-0.2, -0.15) is 0 Å². The van der Waals surface area contributed by atoms with E-state index >= 15 is 8.78 Å². The van der Waals surface area contributed by atoms with E-state index in [0.717, 1.165) is 70.8 Å². The molecule has 2 aliphatic heterocycles. The van der Waals surface area contributed by atoms with Crippen LogP contribution in [0.1, 0.15) is 93.9 Å². The maximum absolute atomic E-state index is 15.1. The number of hydrogen-bond donors (Lipinski definition) is 2. The predicted molar refractivity (Wildman–Crippen MR) is 239 cm³/mol. The highest BCUT2D eigenvalue weighted by Crippen LogP contribution is 2.43. The highest BCUT2D eigenvalue weighted by Gasteiger charge is 2.50. The molecule has 8 rings (SSSR count). The summed E-state index contributed by atoms with van der Waals surface area (Å²) >= 11 is 0. The third-order valence-electron chi connectivity index (χ3n) is 12.7.